The van der Waals surface area contributed by atoms with Gasteiger partial charge in [0.05, 0.1) is 6.54 Å². The molecule has 4 nitrogen and oxygen atoms in total. The summed E-state index contributed by atoms with van der Waals surface area (Å²) in [6.07, 6.45) is 0. The van der Waals surface area contributed by atoms with Crippen molar-refractivity contribution in [3.8, 4) is 0 Å². The average molecular weight is 198 g/mol. The van der Waals surface area contributed by atoms with E-state index in [-0.39, 0.29) is 5.91 Å². The summed E-state index contributed by atoms with van der Waals surface area (Å²) in [6.45, 7) is 9.85. The van der Waals surface area contributed by atoms with E-state index in [1.807, 2.05) is 4.90 Å². The molecule has 0 aromatic heterocycles. The second kappa shape index (κ2) is 5.98. The zero-order valence-electron chi connectivity index (χ0n) is 9.20. The maximum absolute atomic E-state index is 11.8. The smallest absolute Gasteiger partial charge is 0.236 e. The maximum Gasteiger partial charge on any atom is 0.236 e. The van der Waals surface area contributed by atoms with Gasteiger partial charge in [-0.15, -0.1) is 0 Å². The molecular weight excluding hydrogens is 178 g/mol. The van der Waals surface area contributed by atoms with Crippen LogP contribution in [0.4, 0.5) is 0 Å². The lowest BCUT2D eigenvalue weighted by molar-refractivity contribution is -0.132. The molecule has 1 saturated heterocycles. The molecule has 0 saturated carbocycles. The molecule has 1 fully saturated rings. The minimum absolute atomic E-state index is 0.253. The Balaban J connectivity index is 2.32. The number of rotatable bonds is 4. The molecule has 0 aromatic carbocycles. The van der Waals surface area contributed by atoms with Crippen LogP contribution in [0, 0.1) is 0 Å². The van der Waals surface area contributed by atoms with E-state index in [0.29, 0.717) is 6.54 Å². The van der Waals surface area contributed by atoms with Crippen molar-refractivity contribution < 1.29 is 4.79 Å². The van der Waals surface area contributed by atoms with E-state index in [4.69, 9.17) is 0 Å². The van der Waals surface area contributed by atoms with Gasteiger partial charge in [-0.3, -0.25) is 9.69 Å². The molecule has 0 bridgehead atoms. The summed E-state index contributed by atoms with van der Waals surface area (Å²) in [6, 6.07) is 0. The van der Waals surface area contributed by atoms with Gasteiger partial charge in [-0.25, -0.2) is 5.32 Å². The van der Waals surface area contributed by atoms with Gasteiger partial charge in [0.25, 0.3) is 0 Å². The van der Waals surface area contributed by atoms with Gasteiger partial charge in [0.1, 0.15) is 0 Å². The monoisotopic (exact) mass is 198 g/mol. The quantitative estimate of drug-likeness (QED) is 0.626. The van der Waals surface area contributed by atoms with Crippen LogP contribution in [0.5, 0.6) is 0 Å². The standard InChI is InChI=1S/C10H20N3O/c1-3-12(4-2)9-10(14)13-7-5-11-6-8-13/h3-9H2,1-2H3. The summed E-state index contributed by atoms with van der Waals surface area (Å²) in [5.41, 5.74) is 0. The minimum atomic E-state index is 0.253. The Hall–Kier alpha value is -0.610. The third-order valence-corrected chi connectivity index (χ3v) is 2.66. The SMILES string of the molecule is CCN(CC)CC(=O)N1CC[N]CC1. The first-order chi connectivity index (χ1) is 6.77. The van der Waals surface area contributed by atoms with Gasteiger partial charge in [-0.05, 0) is 13.1 Å². The highest BCUT2D eigenvalue weighted by Gasteiger charge is 2.17. The van der Waals surface area contributed by atoms with Crippen LogP contribution in [0.3, 0.4) is 0 Å². The number of amides is 1. The Morgan fingerprint density at radius 1 is 1.29 bits per heavy atom. The highest BCUT2D eigenvalue weighted by molar-refractivity contribution is 5.78. The predicted octanol–water partition coefficient (Wildman–Crippen LogP) is -0.225. The number of likely N-dealkylation sites (N-methyl/N-ethyl adjacent to an activating group) is 1. The molecule has 0 aromatic rings. The molecule has 4 heteroatoms. The van der Waals surface area contributed by atoms with Crippen molar-refractivity contribution in [2.45, 2.75) is 13.8 Å². The van der Waals surface area contributed by atoms with Gasteiger partial charge in [0.2, 0.25) is 5.91 Å². The van der Waals surface area contributed by atoms with Crippen molar-refractivity contribution in [2.24, 2.45) is 0 Å². The lowest BCUT2D eigenvalue weighted by atomic mass is 10.3. The van der Waals surface area contributed by atoms with Crippen LogP contribution in [0.1, 0.15) is 13.8 Å². The summed E-state index contributed by atoms with van der Waals surface area (Å²) in [4.78, 5) is 15.8. The maximum atomic E-state index is 11.8. The Kier molecular flexibility index (Phi) is 4.90. The molecule has 1 amide bonds. The first-order valence-electron chi connectivity index (χ1n) is 5.41. The van der Waals surface area contributed by atoms with Crippen molar-refractivity contribution in [3.63, 3.8) is 0 Å². The summed E-state index contributed by atoms with van der Waals surface area (Å²) >= 11 is 0. The lowest BCUT2D eigenvalue weighted by Crippen LogP contribution is -2.47. The van der Waals surface area contributed by atoms with Gasteiger partial charge >= 0.3 is 0 Å². The van der Waals surface area contributed by atoms with Gasteiger partial charge in [0.15, 0.2) is 0 Å². The van der Waals surface area contributed by atoms with E-state index < -0.39 is 0 Å². The van der Waals surface area contributed by atoms with E-state index >= 15 is 0 Å². The number of piperazine rings is 1. The Morgan fingerprint density at radius 2 is 1.86 bits per heavy atom. The molecular formula is C10H20N3O. The minimum Gasteiger partial charge on any atom is -0.339 e. The zero-order chi connectivity index (χ0) is 10.4. The molecule has 1 heterocycles. The molecule has 1 aliphatic heterocycles. The number of carbonyl (C=O) groups is 1. The van der Waals surface area contributed by atoms with Crippen molar-refractivity contribution >= 4 is 5.91 Å². The van der Waals surface area contributed by atoms with Crippen LogP contribution in [0.2, 0.25) is 0 Å². The van der Waals surface area contributed by atoms with Gasteiger partial charge in [0, 0.05) is 26.2 Å². The van der Waals surface area contributed by atoms with Crippen LogP contribution in [-0.4, -0.2) is 61.5 Å². The Morgan fingerprint density at radius 3 is 2.36 bits per heavy atom. The molecule has 0 N–H and O–H groups in total. The fraction of sp³-hybridized carbons (Fsp3) is 0.900. The highest BCUT2D eigenvalue weighted by Crippen LogP contribution is 1.97. The third-order valence-electron chi connectivity index (χ3n) is 2.66. The Bertz CT molecular complexity index is 174. The van der Waals surface area contributed by atoms with Crippen LogP contribution in [0.15, 0.2) is 0 Å². The van der Waals surface area contributed by atoms with E-state index in [9.17, 15) is 4.79 Å². The van der Waals surface area contributed by atoms with E-state index in [0.717, 1.165) is 39.3 Å². The predicted molar refractivity (Wildman–Crippen MR) is 56.2 cm³/mol. The molecule has 81 valence electrons. The van der Waals surface area contributed by atoms with Gasteiger partial charge in [-0.1, -0.05) is 13.8 Å². The van der Waals surface area contributed by atoms with E-state index in [2.05, 4.69) is 24.1 Å². The molecule has 1 rings (SSSR count). The van der Waals surface area contributed by atoms with Crippen LogP contribution < -0.4 is 5.32 Å². The molecule has 1 aliphatic rings. The summed E-state index contributed by atoms with van der Waals surface area (Å²) in [5, 5.41) is 4.22. The van der Waals surface area contributed by atoms with Crippen LogP contribution in [0.25, 0.3) is 0 Å². The fourth-order valence-electron chi connectivity index (χ4n) is 1.59. The molecule has 1 radical (unpaired) electrons. The lowest BCUT2D eigenvalue weighted by Gasteiger charge is -2.28. The first-order valence-corrected chi connectivity index (χ1v) is 5.41. The molecule has 0 spiro atoms. The summed E-state index contributed by atoms with van der Waals surface area (Å²) in [7, 11) is 0. The highest BCUT2D eigenvalue weighted by atomic mass is 16.2. The number of carbonyl (C=O) groups excluding carboxylic acids is 1. The van der Waals surface area contributed by atoms with Crippen LogP contribution >= 0.6 is 0 Å². The first kappa shape index (κ1) is 11.5. The van der Waals surface area contributed by atoms with Crippen molar-refractivity contribution in [1.82, 2.24) is 15.1 Å². The van der Waals surface area contributed by atoms with Crippen molar-refractivity contribution in [3.05, 3.63) is 0 Å². The molecule has 0 atom stereocenters. The van der Waals surface area contributed by atoms with Crippen LogP contribution in [-0.2, 0) is 4.79 Å². The molecule has 14 heavy (non-hydrogen) atoms. The topological polar surface area (TPSA) is 37.7 Å². The van der Waals surface area contributed by atoms with Gasteiger partial charge in [-0.2, -0.15) is 0 Å². The average Bonchev–Trinajstić information content (AvgIpc) is 2.26. The number of hydrogen-bond donors (Lipinski definition) is 0. The van der Waals surface area contributed by atoms with Crippen molar-refractivity contribution in [1.29, 1.82) is 0 Å². The number of hydrogen-bond acceptors (Lipinski definition) is 2. The second-order valence-electron chi connectivity index (χ2n) is 3.51. The largest absolute Gasteiger partial charge is 0.339 e. The molecule has 0 aliphatic carbocycles. The zero-order valence-corrected chi connectivity index (χ0v) is 9.20. The second-order valence-corrected chi connectivity index (χ2v) is 3.51. The Labute approximate surface area is 86.2 Å². The summed E-state index contributed by atoms with van der Waals surface area (Å²) in [5.74, 6) is 0.253. The van der Waals surface area contributed by atoms with E-state index in [1.165, 1.54) is 0 Å². The molecule has 0 unspecified atom stereocenters. The summed E-state index contributed by atoms with van der Waals surface area (Å²) < 4.78 is 0. The van der Waals surface area contributed by atoms with E-state index in [1.54, 1.807) is 0 Å². The van der Waals surface area contributed by atoms with Crippen molar-refractivity contribution in [2.75, 3.05) is 45.8 Å². The normalized spacial score (nSPS) is 17.5. The fourth-order valence-corrected chi connectivity index (χ4v) is 1.59. The number of nitrogens with zero attached hydrogens (tertiary/aromatic N) is 3. The third kappa shape index (κ3) is 3.27. The van der Waals surface area contributed by atoms with Gasteiger partial charge < -0.3 is 4.90 Å².